The van der Waals surface area contributed by atoms with Crippen LogP contribution < -0.4 is 9.64 Å². The Balaban J connectivity index is 1.27. The van der Waals surface area contributed by atoms with Crippen molar-refractivity contribution in [2.24, 2.45) is 0 Å². The van der Waals surface area contributed by atoms with Crippen LogP contribution in [0.15, 0.2) is 24.4 Å². The molecule has 0 N–H and O–H groups in total. The van der Waals surface area contributed by atoms with Crippen LogP contribution in [0.25, 0.3) is 22.2 Å². The molecule has 9 nitrogen and oxygen atoms in total. The van der Waals surface area contributed by atoms with Gasteiger partial charge in [0.05, 0.1) is 28.0 Å². The molecule has 0 saturated carbocycles. The lowest BCUT2D eigenvalue weighted by Gasteiger charge is -2.42. The number of piperazine rings is 1. The molecule has 0 unspecified atom stereocenters. The van der Waals surface area contributed by atoms with E-state index in [0.717, 1.165) is 57.2 Å². The normalized spacial score (nSPS) is 23.0. The van der Waals surface area contributed by atoms with Crippen molar-refractivity contribution in [3.63, 3.8) is 0 Å². The molecule has 4 saturated heterocycles. The van der Waals surface area contributed by atoms with E-state index < -0.39 is 11.4 Å². The van der Waals surface area contributed by atoms with Crippen molar-refractivity contribution in [3.8, 4) is 17.3 Å². The average molecular weight is 623 g/mol. The van der Waals surface area contributed by atoms with Crippen LogP contribution >= 0.6 is 11.6 Å². The molecule has 0 aliphatic carbocycles. The van der Waals surface area contributed by atoms with Gasteiger partial charge in [-0.15, -0.1) is 0 Å². The van der Waals surface area contributed by atoms with Gasteiger partial charge in [0.1, 0.15) is 29.2 Å². The Bertz CT molecular complexity index is 1590. The van der Waals surface area contributed by atoms with E-state index >= 15 is 4.39 Å². The predicted octanol–water partition coefficient (Wildman–Crippen LogP) is 6.39. The zero-order chi connectivity index (χ0) is 30.8. The first-order valence-corrected chi connectivity index (χ1v) is 16.2. The van der Waals surface area contributed by atoms with Gasteiger partial charge in [0, 0.05) is 24.8 Å². The van der Waals surface area contributed by atoms with Crippen LogP contribution in [0.3, 0.4) is 0 Å². The van der Waals surface area contributed by atoms with Gasteiger partial charge < -0.3 is 14.4 Å². The number of carbonyl (C=O) groups excluding carboxylic acids is 1. The molecule has 0 spiro atoms. The third-order valence-electron chi connectivity index (χ3n) is 9.76. The van der Waals surface area contributed by atoms with E-state index in [4.69, 9.17) is 26.1 Å². The van der Waals surface area contributed by atoms with Crippen molar-refractivity contribution in [2.75, 3.05) is 37.7 Å². The first-order valence-electron chi connectivity index (χ1n) is 15.8. The molecule has 2 bridgehead atoms. The van der Waals surface area contributed by atoms with Gasteiger partial charge in [0.2, 0.25) is 0 Å². The minimum Gasteiger partial charge on any atom is -0.461 e. The molecule has 6 heterocycles. The number of halogens is 2. The van der Waals surface area contributed by atoms with Crippen molar-refractivity contribution >= 4 is 34.4 Å². The van der Waals surface area contributed by atoms with E-state index in [0.29, 0.717) is 41.5 Å². The number of hydrogen-bond acceptors (Lipinski definition) is 8. The Labute approximate surface area is 262 Å². The third-order valence-corrected chi connectivity index (χ3v) is 10.3. The number of pyridine rings is 1. The fourth-order valence-corrected chi connectivity index (χ4v) is 7.91. The lowest BCUT2D eigenvalue weighted by Crippen LogP contribution is -2.57. The van der Waals surface area contributed by atoms with Gasteiger partial charge in [-0.2, -0.15) is 9.97 Å². The largest absolute Gasteiger partial charge is 0.461 e. The number of anilines is 1. The van der Waals surface area contributed by atoms with Crippen LogP contribution in [0.1, 0.15) is 64.9 Å². The van der Waals surface area contributed by atoms with Gasteiger partial charge >= 0.3 is 12.1 Å². The number of hydrogen-bond donors (Lipinski definition) is 0. The molecule has 2 atom stereocenters. The maximum absolute atomic E-state index is 16.5. The molecule has 2 aromatic heterocycles. The average Bonchev–Trinajstić information content (AvgIpc) is 3.63. The number of nitrogens with zero attached hydrogens (tertiary/aromatic N) is 6. The summed E-state index contributed by atoms with van der Waals surface area (Å²) in [6, 6.07) is 5.59. The molecule has 1 amide bonds. The molecule has 3 aromatic rings. The summed E-state index contributed by atoms with van der Waals surface area (Å²) in [5.41, 5.74) is 1.08. The van der Waals surface area contributed by atoms with Crippen LogP contribution in [0.2, 0.25) is 5.02 Å². The Morgan fingerprint density at radius 3 is 2.50 bits per heavy atom. The predicted molar refractivity (Wildman–Crippen MR) is 168 cm³/mol. The molecule has 1 aromatic carbocycles. The fourth-order valence-electron chi connectivity index (χ4n) is 7.69. The van der Waals surface area contributed by atoms with Gasteiger partial charge in [-0.05, 0) is 84.9 Å². The lowest BCUT2D eigenvalue weighted by molar-refractivity contribution is 0.0122. The smallest absolute Gasteiger partial charge is 0.410 e. The number of benzene rings is 1. The maximum atomic E-state index is 16.5. The number of fused-ring (bicyclic) bond motifs is 4. The van der Waals surface area contributed by atoms with E-state index in [1.54, 1.807) is 12.3 Å². The number of ether oxygens (including phenoxy) is 2. The standard InChI is InChI=1S/C33H40ClFN6O3/c1-20-8-5-9-23(25(20)34)27-26(35)28-24(16-36-27)29(38-30(37-28)43-19-33-12-6-14-40(33)15-7-13-33)39-17-21-10-11-22(18-39)41(21)31(42)44-32(2,3)4/h5,8-9,16,21-22H,6-7,10-15,17-19H2,1-4H3/t21-,22+. The van der Waals surface area contributed by atoms with Crippen LogP contribution in [0, 0.1) is 12.7 Å². The van der Waals surface area contributed by atoms with E-state index in [-0.39, 0.29) is 40.9 Å². The molecule has 234 valence electrons. The monoisotopic (exact) mass is 622 g/mol. The molecule has 4 aliphatic heterocycles. The lowest BCUT2D eigenvalue weighted by atomic mass is 9.95. The minimum atomic E-state index is -0.572. The Hall–Kier alpha value is -3.24. The highest BCUT2D eigenvalue weighted by molar-refractivity contribution is 6.34. The number of aromatic nitrogens is 3. The third kappa shape index (κ3) is 5.13. The Morgan fingerprint density at radius 2 is 1.82 bits per heavy atom. The van der Waals surface area contributed by atoms with Gasteiger partial charge in [-0.3, -0.25) is 14.8 Å². The van der Waals surface area contributed by atoms with E-state index in [1.165, 1.54) is 0 Å². The van der Waals surface area contributed by atoms with E-state index in [1.807, 2.05) is 44.7 Å². The topological polar surface area (TPSA) is 83.9 Å². The van der Waals surface area contributed by atoms with Crippen molar-refractivity contribution in [1.29, 1.82) is 0 Å². The highest BCUT2D eigenvalue weighted by Gasteiger charge is 2.46. The van der Waals surface area contributed by atoms with Crippen LogP contribution in [-0.2, 0) is 4.74 Å². The van der Waals surface area contributed by atoms with Crippen molar-refractivity contribution in [2.45, 2.75) is 89.4 Å². The van der Waals surface area contributed by atoms with E-state index in [2.05, 4.69) is 19.8 Å². The number of amides is 1. The summed E-state index contributed by atoms with van der Waals surface area (Å²) >= 11 is 6.61. The van der Waals surface area contributed by atoms with E-state index in [9.17, 15) is 4.79 Å². The Kier molecular flexibility index (Phi) is 7.35. The first kappa shape index (κ1) is 29.5. The minimum absolute atomic E-state index is 0.00628. The summed E-state index contributed by atoms with van der Waals surface area (Å²) in [7, 11) is 0. The van der Waals surface area contributed by atoms with Crippen molar-refractivity contribution in [1.82, 2.24) is 24.8 Å². The zero-order valence-electron chi connectivity index (χ0n) is 25.9. The Morgan fingerprint density at radius 1 is 1.11 bits per heavy atom. The number of aryl methyl sites for hydroxylation is 1. The maximum Gasteiger partial charge on any atom is 0.410 e. The highest BCUT2D eigenvalue weighted by Crippen LogP contribution is 2.41. The molecule has 0 radical (unpaired) electrons. The molecule has 7 rings (SSSR count). The quantitative estimate of drug-likeness (QED) is 0.324. The second-order valence-corrected chi connectivity index (χ2v) is 14.2. The summed E-state index contributed by atoms with van der Waals surface area (Å²) < 4.78 is 28.6. The van der Waals surface area contributed by atoms with Crippen molar-refractivity contribution < 1.29 is 18.7 Å². The SMILES string of the molecule is Cc1cccc(-c2ncc3c(N4C[C@H]5CC[C@@H](C4)N5C(=O)OC(C)(C)C)nc(OCC45CCCN4CCC5)nc3c2F)c1Cl. The van der Waals surface area contributed by atoms with Gasteiger partial charge in [0.25, 0.3) is 0 Å². The van der Waals surface area contributed by atoms with Crippen LogP contribution in [-0.4, -0.2) is 86.9 Å². The summed E-state index contributed by atoms with van der Waals surface area (Å²) in [6.07, 6.45) is 7.56. The molecule has 11 heteroatoms. The summed E-state index contributed by atoms with van der Waals surface area (Å²) in [5.74, 6) is 0.0200. The molecular formula is C33H40ClFN6O3. The second kappa shape index (κ2) is 11.0. The van der Waals surface area contributed by atoms with Gasteiger partial charge in [-0.25, -0.2) is 9.18 Å². The molecule has 44 heavy (non-hydrogen) atoms. The first-order chi connectivity index (χ1) is 21.0. The number of rotatable bonds is 5. The van der Waals surface area contributed by atoms with Crippen LogP contribution in [0.4, 0.5) is 15.0 Å². The van der Waals surface area contributed by atoms with Gasteiger partial charge in [-0.1, -0.05) is 29.8 Å². The summed E-state index contributed by atoms with van der Waals surface area (Å²) in [4.78, 5) is 33.8. The number of carbonyl (C=O) groups is 1. The zero-order valence-corrected chi connectivity index (χ0v) is 26.7. The second-order valence-electron chi connectivity index (χ2n) is 13.8. The molecular weight excluding hydrogens is 583 g/mol. The fraction of sp³-hybridized carbons (Fsp3) is 0.576. The summed E-state index contributed by atoms with van der Waals surface area (Å²) in [5, 5.41) is 0.967. The molecule has 4 aliphatic rings. The van der Waals surface area contributed by atoms with Crippen molar-refractivity contribution in [3.05, 3.63) is 40.8 Å². The highest BCUT2D eigenvalue weighted by atomic mass is 35.5. The van der Waals surface area contributed by atoms with Crippen LogP contribution in [0.5, 0.6) is 6.01 Å². The molecule has 4 fully saturated rings. The van der Waals surface area contributed by atoms with Gasteiger partial charge in [0.15, 0.2) is 5.82 Å². The summed E-state index contributed by atoms with van der Waals surface area (Å²) in [6.45, 7) is 11.3.